The summed E-state index contributed by atoms with van der Waals surface area (Å²) in [5.41, 5.74) is -0.727. The lowest BCUT2D eigenvalue weighted by Crippen LogP contribution is -2.19. The molecule has 2 aromatic heterocycles. The smallest absolute Gasteiger partial charge is 0.266 e. The number of pyridine rings is 1. The molecule has 152 valence electrons. The van der Waals surface area contributed by atoms with E-state index in [9.17, 15) is 18.0 Å². The first-order chi connectivity index (χ1) is 13.9. The van der Waals surface area contributed by atoms with Crippen LogP contribution in [0, 0.1) is 5.82 Å². The van der Waals surface area contributed by atoms with E-state index in [0.29, 0.717) is 16.6 Å². The molecule has 29 heavy (non-hydrogen) atoms. The lowest BCUT2D eigenvalue weighted by atomic mass is 10.0. The average Bonchev–Trinajstić information content (AvgIpc) is 3.52. The fourth-order valence-corrected chi connectivity index (χ4v) is 3.37. The Hall–Kier alpha value is -3.10. The molecule has 0 radical (unpaired) electrons. The summed E-state index contributed by atoms with van der Waals surface area (Å²) in [4.78, 5) is 12.4. The van der Waals surface area contributed by atoms with E-state index in [1.54, 1.807) is 17.7 Å². The van der Waals surface area contributed by atoms with Crippen molar-refractivity contribution in [2.75, 3.05) is 12.4 Å². The van der Waals surface area contributed by atoms with Crippen molar-refractivity contribution in [1.82, 2.24) is 14.8 Å². The third-order valence-corrected chi connectivity index (χ3v) is 5.05. The van der Waals surface area contributed by atoms with E-state index in [1.807, 2.05) is 0 Å². The zero-order valence-corrected chi connectivity index (χ0v) is 15.8. The van der Waals surface area contributed by atoms with Gasteiger partial charge in [-0.3, -0.25) is 4.79 Å². The molecule has 1 fully saturated rings. The van der Waals surface area contributed by atoms with Crippen LogP contribution in [0.25, 0.3) is 10.8 Å². The summed E-state index contributed by atoms with van der Waals surface area (Å²) in [6.45, 7) is 1.64. The van der Waals surface area contributed by atoms with Crippen molar-refractivity contribution in [3.63, 3.8) is 0 Å². The molecule has 1 aliphatic rings. The van der Waals surface area contributed by atoms with Crippen molar-refractivity contribution in [2.45, 2.75) is 38.3 Å². The number of halogens is 3. The summed E-state index contributed by atoms with van der Waals surface area (Å²) in [5.74, 6) is -0.447. The molecule has 1 aromatic carbocycles. The molecule has 0 amide bonds. The number of rotatable bonds is 6. The Bertz CT molecular complexity index is 1130. The number of methoxy groups -OCH3 is 1. The van der Waals surface area contributed by atoms with Crippen LogP contribution < -0.4 is 15.6 Å². The van der Waals surface area contributed by atoms with Crippen LogP contribution >= 0.6 is 0 Å². The highest BCUT2D eigenvalue weighted by atomic mass is 19.3. The normalized spacial score (nSPS) is 15.0. The fourth-order valence-electron chi connectivity index (χ4n) is 3.37. The van der Waals surface area contributed by atoms with Crippen molar-refractivity contribution in [2.24, 2.45) is 0 Å². The summed E-state index contributed by atoms with van der Waals surface area (Å²) >= 11 is 0. The number of hydrogen-bond acceptors (Lipinski definition) is 5. The van der Waals surface area contributed by atoms with E-state index in [0.717, 1.165) is 18.9 Å². The predicted molar refractivity (Wildman–Crippen MR) is 102 cm³/mol. The summed E-state index contributed by atoms with van der Waals surface area (Å²) in [7, 11) is 1.43. The molecule has 1 atom stereocenters. The Morgan fingerprint density at radius 1 is 1.21 bits per heavy atom. The maximum atomic E-state index is 14.5. The van der Waals surface area contributed by atoms with Crippen LogP contribution in [0.1, 0.15) is 49.4 Å². The van der Waals surface area contributed by atoms with Crippen molar-refractivity contribution in [3.05, 3.63) is 57.8 Å². The second-order valence-corrected chi connectivity index (χ2v) is 7.05. The molecule has 0 unspecified atom stereocenters. The van der Waals surface area contributed by atoms with Gasteiger partial charge < -0.3 is 14.6 Å². The molecule has 1 saturated carbocycles. The maximum Gasteiger partial charge on any atom is 0.266 e. The highest BCUT2D eigenvalue weighted by Crippen LogP contribution is 2.36. The average molecular weight is 404 g/mol. The summed E-state index contributed by atoms with van der Waals surface area (Å²) in [6, 6.07) is 4.82. The number of alkyl halides is 2. The molecule has 4 rings (SSSR count). The molecule has 2 heterocycles. The van der Waals surface area contributed by atoms with Gasteiger partial charge in [-0.25, -0.2) is 13.2 Å². The van der Waals surface area contributed by atoms with Gasteiger partial charge in [0.1, 0.15) is 5.82 Å². The molecule has 1 aliphatic carbocycles. The Morgan fingerprint density at radius 2 is 1.93 bits per heavy atom. The Morgan fingerprint density at radius 3 is 2.59 bits per heavy atom. The number of aromatic nitrogens is 3. The number of ether oxygens (including phenoxy) is 1. The van der Waals surface area contributed by atoms with E-state index in [2.05, 4.69) is 15.5 Å². The number of nitrogens with one attached hydrogen (secondary N) is 1. The molecule has 6 nitrogen and oxygen atoms in total. The minimum atomic E-state index is -2.91. The monoisotopic (exact) mass is 404 g/mol. The summed E-state index contributed by atoms with van der Waals surface area (Å²) in [5, 5.41) is 12.2. The number of nitrogens with zero attached hydrogens (tertiary/aromatic N) is 3. The third kappa shape index (κ3) is 3.52. The van der Waals surface area contributed by atoms with Crippen LogP contribution in [0.15, 0.2) is 35.3 Å². The van der Waals surface area contributed by atoms with Crippen molar-refractivity contribution in [1.29, 1.82) is 0 Å². The van der Waals surface area contributed by atoms with Gasteiger partial charge in [0.15, 0.2) is 5.82 Å². The van der Waals surface area contributed by atoms with Crippen molar-refractivity contribution < 1.29 is 17.9 Å². The van der Waals surface area contributed by atoms with Crippen LogP contribution in [-0.2, 0) is 0 Å². The van der Waals surface area contributed by atoms with Gasteiger partial charge in [0, 0.05) is 29.3 Å². The zero-order valence-electron chi connectivity index (χ0n) is 15.8. The largest absolute Gasteiger partial charge is 0.479 e. The van der Waals surface area contributed by atoms with Crippen LogP contribution in [0.2, 0.25) is 0 Å². The van der Waals surface area contributed by atoms with Gasteiger partial charge in [0.05, 0.1) is 24.1 Å². The summed E-state index contributed by atoms with van der Waals surface area (Å²) in [6.07, 6.45) is 0.627. The molecule has 1 N–H and O–H groups in total. The van der Waals surface area contributed by atoms with Gasteiger partial charge in [0.2, 0.25) is 5.88 Å². The first-order valence-electron chi connectivity index (χ1n) is 9.20. The minimum Gasteiger partial charge on any atom is -0.479 e. The van der Waals surface area contributed by atoms with Crippen molar-refractivity contribution >= 4 is 16.6 Å². The molecule has 3 aromatic rings. The van der Waals surface area contributed by atoms with Gasteiger partial charge in [-0.15, -0.1) is 10.2 Å². The Labute approximate surface area is 164 Å². The topological polar surface area (TPSA) is 69.0 Å². The lowest BCUT2D eigenvalue weighted by Gasteiger charge is -2.19. The summed E-state index contributed by atoms with van der Waals surface area (Å²) < 4.78 is 47.4. The first-order valence-corrected chi connectivity index (χ1v) is 9.20. The molecule has 0 aliphatic heterocycles. The van der Waals surface area contributed by atoms with Crippen molar-refractivity contribution in [3.8, 4) is 5.88 Å². The SMILES string of the molecule is COc1nnc(N[C@H](C)c2cccc(C(F)F)c2F)c2cn(C3CC3)c(=O)cc12. The molecule has 0 saturated heterocycles. The lowest BCUT2D eigenvalue weighted by molar-refractivity contribution is 0.146. The quantitative estimate of drug-likeness (QED) is 0.660. The van der Waals surface area contributed by atoms with E-state index in [1.165, 1.54) is 25.3 Å². The van der Waals surface area contributed by atoms with E-state index in [-0.39, 0.29) is 23.0 Å². The van der Waals surface area contributed by atoms with Gasteiger partial charge in [0.25, 0.3) is 12.0 Å². The highest BCUT2D eigenvalue weighted by molar-refractivity contribution is 5.94. The Kier molecular flexibility index (Phi) is 4.89. The Balaban J connectivity index is 1.77. The molecule has 9 heteroatoms. The molecule has 0 spiro atoms. The van der Waals surface area contributed by atoms with Crippen LogP contribution in [0.3, 0.4) is 0 Å². The van der Waals surface area contributed by atoms with Crippen LogP contribution in [-0.4, -0.2) is 21.9 Å². The van der Waals surface area contributed by atoms with E-state index < -0.39 is 23.8 Å². The standard InChI is InChI=1S/C20H19F3N4O2/c1-10(12-4-3-5-13(17(12)21)18(22)23)24-19-15-9-27(11-6-7-11)16(28)8-14(15)20(29-2)26-25-19/h3-5,8-11,18H,6-7H2,1-2H3,(H,24,25)/t10-/m1/s1. The second-order valence-electron chi connectivity index (χ2n) is 7.05. The molecule has 0 bridgehead atoms. The highest BCUT2D eigenvalue weighted by Gasteiger charge is 2.26. The minimum absolute atomic E-state index is 0.0871. The fraction of sp³-hybridized carbons (Fsp3) is 0.350. The first kappa shape index (κ1) is 19.2. The van der Waals surface area contributed by atoms with E-state index in [4.69, 9.17) is 4.74 Å². The maximum absolute atomic E-state index is 14.5. The second kappa shape index (κ2) is 7.38. The van der Waals surface area contributed by atoms with E-state index >= 15 is 0 Å². The molecular weight excluding hydrogens is 385 g/mol. The van der Waals surface area contributed by atoms with Crippen LogP contribution in [0.5, 0.6) is 5.88 Å². The number of hydrogen-bond donors (Lipinski definition) is 1. The third-order valence-electron chi connectivity index (χ3n) is 5.05. The van der Waals surface area contributed by atoms with Gasteiger partial charge in [-0.1, -0.05) is 18.2 Å². The van der Waals surface area contributed by atoms with Gasteiger partial charge in [-0.2, -0.15) is 0 Å². The zero-order chi connectivity index (χ0) is 20.7. The number of fused-ring (bicyclic) bond motifs is 1. The predicted octanol–water partition coefficient (Wildman–Crippen LogP) is 4.38. The number of benzene rings is 1. The van der Waals surface area contributed by atoms with Gasteiger partial charge in [-0.05, 0) is 19.8 Å². The van der Waals surface area contributed by atoms with Crippen LogP contribution in [0.4, 0.5) is 19.0 Å². The number of anilines is 1. The van der Waals surface area contributed by atoms with Gasteiger partial charge >= 0.3 is 0 Å². The molecular formula is C20H19F3N4O2.